The van der Waals surface area contributed by atoms with E-state index < -0.39 is 38.9 Å². The lowest BCUT2D eigenvalue weighted by atomic mass is 10.0. The maximum Gasteiger partial charge on any atom is 0.332 e. The Balaban J connectivity index is 2.06. The summed E-state index contributed by atoms with van der Waals surface area (Å²) in [6.07, 6.45) is -0.0779. The fourth-order valence-corrected chi connectivity index (χ4v) is 3.54. The lowest BCUT2D eigenvalue weighted by molar-refractivity contribution is -0.135. The Labute approximate surface area is 125 Å². The highest BCUT2D eigenvalue weighted by atomic mass is 32.3. The third-order valence-electron chi connectivity index (χ3n) is 3.75. The van der Waals surface area contributed by atoms with Crippen molar-refractivity contribution >= 4 is 33.6 Å². The standard InChI is InChI=1S/C13H11FN2O5S/c14-22(20,21)10-3-1-2-8-7(10)6-12(18)16(8)9-4-5-11(17)15-13(9)19/h1-3,9H,4-6H2,(H,15,17,19). The molecule has 2 aliphatic rings. The molecule has 22 heavy (non-hydrogen) atoms. The van der Waals surface area contributed by atoms with Gasteiger partial charge in [-0.2, -0.15) is 8.42 Å². The van der Waals surface area contributed by atoms with Gasteiger partial charge in [0.25, 0.3) is 0 Å². The third kappa shape index (κ3) is 2.27. The van der Waals surface area contributed by atoms with Crippen molar-refractivity contribution in [2.45, 2.75) is 30.2 Å². The van der Waals surface area contributed by atoms with Gasteiger partial charge in [0.05, 0.1) is 6.42 Å². The van der Waals surface area contributed by atoms with E-state index in [2.05, 4.69) is 5.32 Å². The van der Waals surface area contributed by atoms with Crippen molar-refractivity contribution in [2.75, 3.05) is 4.90 Å². The van der Waals surface area contributed by atoms with Gasteiger partial charge >= 0.3 is 10.2 Å². The molecule has 116 valence electrons. The highest BCUT2D eigenvalue weighted by Gasteiger charge is 2.41. The lowest BCUT2D eigenvalue weighted by Crippen LogP contribution is -2.53. The summed E-state index contributed by atoms with van der Waals surface area (Å²) in [7, 11) is -4.96. The molecule has 2 heterocycles. The van der Waals surface area contributed by atoms with Gasteiger partial charge in [0.1, 0.15) is 10.9 Å². The Hall–Kier alpha value is -2.29. The number of hydrogen-bond donors (Lipinski definition) is 1. The van der Waals surface area contributed by atoms with E-state index in [4.69, 9.17) is 0 Å². The minimum Gasteiger partial charge on any atom is -0.299 e. The molecule has 3 rings (SSSR count). The van der Waals surface area contributed by atoms with E-state index in [-0.39, 0.29) is 30.5 Å². The Morgan fingerprint density at radius 3 is 2.59 bits per heavy atom. The fourth-order valence-electron chi connectivity index (χ4n) is 2.83. The molecule has 3 amide bonds. The maximum atomic E-state index is 13.3. The SMILES string of the molecule is O=C1CCC(N2C(=O)Cc3c2cccc3S(=O)(=O)F)C(=O)N1. The minimum absolute atomic E-state index is 0.0414. The first-order chi connectivity index (χ1) is 10.3. The molecule has 1 unspecified atom stereocenters. The second kappa shape index (κ2) is 4.87. The normalized spacial score (nSPS) is 21.8. The quantitative estimate of drug-likeness (QED) is 0.611. The molecule has 0 aromatic heterocycles. The van der Waals surface area contributed by atoms with Crippen molar-refractivity contribution < 1.29 is 26.7 Å². The van der Waals surface area contributed by atoms with E-state index in [9.17, 15) is 26.7 Å². The summed E-state index contributed by atoms with van der Waals surface area (Å²) in [5.74, 6) is -1.54. The molecule has 0 radical (unpaired) electrons. The molecule has 7 nitrogen and oxygen atoms in total. The number of fused-ring (bicyclic) bond motifs is 1. The van der Waals surface area contributed by atoms with Gasteiger partial charge < -0.3 is 0 Å². The largest absolute Gasteiger partial charge is 0.332 e. The Kier molecular flexibility index (Phi) is 3.24. The number of benzene rings is 1. The highest BCUT2D eigenvalue weighted by molar-refractivity contribution is 7.86. The molecule has 1 aromatic rings. The molecule has 9 heteroatoms. The molecule has 2 aliphatic heterocycles. The van der Waals surface area contributed by atoms with E-state index in [1.165, 1.54) is 12.1 Å². The van der Waals surface area contributed by atoms with Crippen molar-refractivity contribution in [3.8, 4) is 0 Å². The summed E-state index contributed by atoms with van der Waals surface area (Å²) in [5, 5.41) is 2.14. The third-order valence-corrected chi connectivity index (χ3v) is 4.66. The van der Waals surface area contributed by atoms with E-state index in [1.54, 1.807) is 0 Å². The van der Waals surface area contributed by atoms with E-state index in [0.717, 1.165) is 11.0 Å². The van der Waals surface area contributed by atoms with Crippen LogP contribution in [-0.4, -0.2) is 32.2 Å². The first kappa shape index (κ1) is 14.6. The van der Waals surface area contributed by atoms with Crippen LogP contribution in [0.25, 0.3) is 0 Å². The van der Waals surface area contributed by atoms with Gasteiger partial charge in [0, 0.05) is 17.7 Å². The Morgan fingerprint density at radius 2 is 1.95 bits per heavy atom. The number of carbonyl (C=O) groups excluding carboxylic acids is 3. The first-order valence-corrected chi connectivity index (χ1v) is 7.89. The minimum atomic E-state index is -4.96. The molecular weight excluding hydrogens is 315 g/mol. The van der Waals surface area contributed by atoms with Crippen molar-refractivity contribution in [2.24, 2.45) is 0 Å². The van der Waals surface area contributed by atoms with Crippen LogP contribution in [0.15, 0.2) is 23.1 Å². The monoisotopic (exact) mass is 326 g/mol. The predicted molar refractivity (Wildman–Crippen MR) is 72.1 cm³/mol. The van der Waals surface area contributed by atoms with Crippen LogP contribution in [0.3, 0.4) is 0 Å². The summed E-state index contributed by atoms with van der Waals surface area (Å²) in [4.78, 5) is 35.9. The summed E-state index contributed by atoms with van der Waals surface area (Å²) < 4.78 is 35.7. The van der Waals surface area contributed by atoms with Gasteiger partial charge in [-0.25, -0.2) is 0 Å². The molecule has 0 bridgehead atoms. The molecule has 0 saturated carbocycles. The number of nitrogens with one attached hydrogen (secondary N) is 1. The van der Waals surface area contributed by atoms with Gasteiger partial charge in [0.15, 0.2) is 0 Å². The van der Waals surface area contributed by atoms with E-state index in [1.807, 2.05) is 0 Å². The van der Waals surface area contributed by atoms with E-state index >= 15 is 0 Å². The maximum absolute atomic E-state index is 13.3. The average Bonchev–Trinajstić information content (AvgIpc) is 2.74. The summed E-state index contributed by atoms with van der Waals surface area (Å²) in [6.45, 7) is 0. The Bertz CT molecular complexity index is 805. The molecule has 0 aliphatic carbocycles. The van der Waals surface area contributed by atoms with Crippen LogP contribution in [0.1, 0.15) is 18.4 Å². The number of nitrogens with zero attached hydrogens (tertiary/aromatic N) is 1. The van der Waals surface area contributed by atoms with Crippen molar-refractivity contribution in [3.05, 3.63) is 23.8 Å². The van der Waals surface area contributed by atoms with Gasteiger partial charge in [-0.1, -0.05) is 6.07 Å². The average molecular weight is 326 g/mol. The molecule has 1 aromatic carbocycles. The van der Waals surface area contributed by atoms with Crippen molar-refractivity contribution in [3.63, 3.8) is 0 Å². The number of halogens is 1. The number of carbonyl (C=O) groups is 3. The van der Waals surface area contributed by atoms with Crippen LogP contribution in [0, 0.1) is 0 Å². The topological polar surface area (TPSA) is 101 Å². The number of hydrogen-bond acceptors (Lipinski definition) is 5. The van der Waals surface area contributed by atoms with Crippen LogP contribution in [-0.2, 0) is 31.0 Å². The predicted octanol–water partition coefficient (Wildman–Crippen LogP) is 0.0391. The van der Waals surface area contributed by atoms with Gasteiger partial charge in [0.2, 0.25) is 17.7 Å². The smallest absolute Gasteiger partial charge is 0.299 e. The molecule has 0 spiro atoms. The summed E-state index contributed by atoms with van der Waals surface area (Å²) >= 11 is 0. The number of piperidine rings is 1. The number of rotatable bonds is 2. The zero-order valence-corrected chi connectivity index (χ0v) is 12.0. The fraction of sp³-hybridized carbons (Fsp3) is 0.308. The summed E-state index contributed by atoms with van der Waals surface area (Å²) in [6, 6.07) is 2.95. The first-order valence-electron chi connectivity index (χ1n) is 6.51. The zero-order valence-electron chi connectivity index (χ0n) is 11.2. The summed E-state index contributed by atoms with van der Waals surface area (Å²) in [5.41, 5.74) is 0.234. The molecule has 1 fully saturated rings. The van der Waals surface area contributed by atoms with Gasteiger partial charge in [-0.05, 0) is 18.6 Å². The highest BCUT2D eigenvalue weighted by Crippen LogP contribution is 2.36. The lowest BCUT2D eigenvalue weighted by Gasteiger charge is -2.30. The van der Waals surface area contributed by atoms with E-state index in [0.29, 0.717) is 0 Å². The Morgan fingerprint density at radius 1 is 1.23 bits per heavy atom. The van der Waals surface area contributed by atoms with Gasteiger partial charge in [-0.3, -0.25) is 24.6 Å². The molecule has 1 saturated heterocycles. The second-order valence-electron chi connectivity index (χ2n) is 5.10. The molecule has 1 atom stereocenters. The number of imide groups is 1. The van der Waals surface area contributed by atoms with Crippen LogP contribution in [0.4, 0.5) is 9.57 Å². The molecular formula is C13H11FN2O5S. The number of amides is 3. The number of anilines is 1. The molecule has 1 N–H and O–H groups in total. The van der Waals surface area contributed by atoms with Crippen molar-refractivity contribution in [1.82, 2.24) is 5.32 Å². The van der Waals surface area contributed by atoms with Crippen LogP contribution in [0.2, 0.25) is 0 Å². The zero-order chi connectivity index (χ0) is 16.1. The van der Waals surface area contributed by atoms with Crippen LogP contribution >= 0.6 is 0 Å². The van der Waals surface area contributed by atoms with Crippen LogP contribution in [0.5, 0.6) is 0 Å². The van der Waals surface area contributed by atoms with Gasteiger partial charge in [-0.15, -0.1) is 3.89 Å². The second-order valence-corrected chi connectivity index (χ2v) is 6.41. The van der Waals surface area contributed by atoms with Crippen molar-refractivity contribution in [1.29, 1.82) is 0 Å². The van der Waals surface area contributed by atoms with Crippen LogP contribution < -0.4 is 10.2 Å².